The highest BCUT2D eigenvalue weighted by atomic mass is 16.5. The zero-order valence-electron chi connectivity index (χ0n) is 15.7. The number of carbonyl (C=O) groups is 1. The first-order valence-corrected chi connectivity index (χ1v) is 9.25. The Morgan fingerprint density at radius 2 is 1.78 bits per heavy atom. The number of nitrogens with zero attached hydrogens (tertiary/aromatic N) is 2. The highest BCUT2D eigenvalue weighted by Crippen LogP contribution is 2.45. The first kappa shape index (κ1) is 17.8. The summed E-state index contributed by atoms with van der Waals surface area (Å²) in [6, 6.07) is 7.63. The van der Waals surface area contributed by atoms with E-state index in [-0.39, 0.29) is 11.5 Å². The molecule has 0 bridgehead atoms. The largest absolute Gasteiger partial charge is 0.493 e. The third-order valence-corrected chi connectivity index (χ3v) is 5.64. The Kier molecular flexibility index (Phi) is 4.74. The number of benzene rings is 1. The van der Waals surface area contributed by atoms with Crippen LogP contribution in [0.1, 0.15) is 34.3 Å². The maximum Gasteiger partial charge on any atom is 0.253 e. The van der Waals surface area contributed by atoms with Crippen LogP contribution in [-0.2, 0) is 16.8 Å². The molecule has 3 heterocycles. The SMILES string of the molecule is COc1cc2c(cc1OC)C1(CCN(C(=O)c3ccncc3)CC1)OCC2. The number of piperidine rings is 1. The Morgan fingerprint density at radius 1 is 1.11 bits per heavy atom. The van der Waals surface area contributed by atoms with Crippen molar-refractivity contribution in [2.45, 2.75) is 24.9 Å². The van der Waals surface area contributed by atoms with Crippen LogP contribution < -0.4 is 9.47 Å². The second-order valence-electron chi connectivity index (χ2n) is 6.99. The van der Waals surface area contributed by atoms with Crippen molar-refractivity contribution < 1.29 is 19.0 Å². The molecule has 142 valence electrons. The maximum absolute atomic E-state index is 12.7. The fourth-order valence-corrected chi connectivity index (χ4v) is 4.15. The number of fused-ring (bicyclic) bond motifs is 2. The molecule has 1 amide bonds. The molecule has 2 aliphatic heterocycles. The molecule has 0 atom stereocenters. The van der Waals surface area contributed by atoms with E-state index >= 15 is 0 Å². The number of amides is 1. The predicted octanol–water partition coefficient (Wildman–Crippen LogP) is 2.80. The predicted molar refractivity (Wildman–Crippen MR) is 100 cm³/mol. The molecule has 1 aromatic heterocycles. The van der Waals surface area contributed by atoms with Gasteiger partial charge in [-0.1, -0.05) is 0 Å². The van der Waals surface area contributed by atoms with Gasteiger partial charge in [-0.15, -0.1) is 0 Å². The minimum atomic E-state index is -0.359. The van der Waals surface area contributed by atoms with Gasteiger partial charge in [0.1, 0.15) is 0 Å². The van der Waals surface area contributed by atoms with E-state index in [0.717, 1.165) is 30.8 Å². The molecule has 6 nitrogen and oxygen atoms in total. The zero-order chi connectivity index (χ0) is 18.9. The highest BCUT2D eigenvalue weighted by Gasteiger charge is 2.42. The topological polar surface area (TPSA) is 60.9 Å². The van der Waals surface area contributed by atoms with Crippen LogP contribution in [0.4, 0.5) is 0 Å². The van der Waals surface area contributed by atoms with Crippen molar-refractivity contribution in [3.05, 3.63) is 53.3 Å². The van der Waals surface area contributed by atoms with Crippen LogP contribution in [-0.4, -0.2) is 49.7 Å². The molecule has 0 aliphatic carbocycles. The molecular formula is C21H24N2O4. The van der Waals surface area contributed by atoms with Gasteiger partial charge >= 0.3 is 0 Å². The normalized spacial score (nSPS) is 18.1. The van der Waals surface area contributed by atoms with E-state index < -0.39 is 0 Å². The van der Waals surface area contributed by atoms with E-state index in [1.165, 1.54) is 11.1 Å². The summed E-state index contributed by atoms with van der Waals surface area (Å²) in [7, 11) is 3.30. The van der Waals surface area contributed by atoms with Crippen LogP contribution in [0.2, 0.25) is 0 Å². The third-order valence-electron chi connectivity index (χ3n) is 5.64. The highest BCUT2D eigenvalue weighted by molar-refractivity contribution is 5.94. The fraction of sp³-hybridized carbons (Fsp3) is 0.429. The lowest BCUT2D eigenvalue weighted by Crippen LogP contribution is -2.48. The maximum atomic E-state index is 12.7. The molecule has 0 unspecified atom stereocenters. The van der Waals surface area contributed by atoms with Gasteiger partial charge in [0, 0.05) is 31.0 Å². The van der Waals surface area contributed by atoms with E-state index in [4.69, 9.17) is 14.2 Å². The van der Waals surface area contributed by atoms with Gasteiger partial charge in [0.2, 0.25) is 0 Å². The number of hydrogen-bond acceptors (Lipinski definition) is 5. The molecule has 0 saturated carbocycles. The standard InChI is InChI=1S/C21H24N2O4/c1-25-18-13-16-5-12-27-21(17(16)14-19(18)26-2)6-10-23(11-7-21)20(24)15-3-8-22-9-4-15/h3-4,8-9,13-14H,5-7,10-12H2,1-2H3. The Bertz CT molecular complexity index is 830. The van der Waals surface area contributed by atoms with Crippen LogP contribution in [0.3, 0.4) is 0 Å². The quantitative estimate of drug-likeness (QED) is 0.834. The molecule has 6 heteroatoms. The Labute approximate surface area is 159 Å². The van der Waals surface area contributed by atoms with Crippen molar-refractivity contribution in [2.24, 2.45) is 0 Å². The first-order chi connectivity index (χ1) is 13.2. The molecule has 1 saturated heterocycles. The van der Waals surface area contributed by atoms with Crippen molar-refractivity contribution >= 4 is 5.91 Å². The van der Waals surface area contributed by atoms with Crippen LogP contribution >= 0.6 is 0 Å². The second kappa shape index (κ2) is 7.19. The van der Waals surface area contributed by atoms with Crippen molar-refractivity contribution in [1.82, 2.24) is 9.88 Å². The minimum absolute atomic E-state index is 0.0515. The van der Waals surface area contributed by atoms with E-state index in [9.17, 15) is 4.79 Å². The summed E-state index contributed by atoms with van der Waals surface area (Å²) < 4.78 is 17.2. The minimum Gasteiger partial charge on any atom is -0.493 e. The van der Waals surface area contributed by atoms with Gasteiger partial charge in [0.05, 0.1) is 26.4 Å². The summed E-state index contributed by atoms with van der Waals surface area (Å²) in [5.74, 6) is 1.52. The number of hydrogen-bond donors (Lipinski definition) is 0. The van der Waals surface area contributed by atoms with Crippen molar-refractivity contribution in [3.8, 4) is 11.5 Å². The lowest BCUT2D eigenvalue weighted by atomic mass is 9.79. The molecule has 27 heavy (non-hydrogen) atoms. The van der Waals surface area contributed by atoms with E-state index in [1.807, 2.05) is 11.0 Å². The third kappa shape index (κ3) is 3.14. The van der Waals surface area contributed by atoms with Crippen LogP contribution in [0, 0.1) is 0 Å². The molecule has 2 aromatic rings. The number of likely N-dealkylation sites (tertiary alicyclic amines) is 1. The van der Waals surface area contributed by atoms with Crippen LogP contribution in [0.25, 0.3) is 0 Å². The Balaban J connectivity index is 1.58. The van der Waals surface area contributed by atoms with E-state index in [2.05, 4.69) is 11.1 Å². The number of methoxy groups -OCH3 is 2. The second-order valence-corrected chi connectivity index (χ2v) is 6.99. The van der Waals surface area contributed by atoms with Gasteiger partial charge in [0.25, 0.3) is 5.91 Å². The number of rotatable bonds is 3. The number of carbonyl (C=O) groups excluding carboxylic acids is 1. The summed E-state index contributed by atoms with van der Waals surface area (Å²) in [5.41, 5.74) is 2.73. The van der Waals surface area contributed by atoms with Gasteiger partial charge < -0.3 is 19.1 Å². The smallest absolute Gasteiger partial charge is 0.253 e. The van der Waals surface area contributed by atoms with Crippen molar-refractivity contribution in [2.75, 3.05) is 33.9 Å². The lowest BCUT2D eigenvalue weighted by molar-refractivity contribution is -0.0936. The van der Waals surface area contributed by atoms with E-state index in [0.29, 0.717) is 25.3 Å². The summed E-state index contributed by atoms with van der Waals surface area (Å²) in [4.78, 5) is 18.6. The molecule has 1 aromatic carbocycles. The first-order valence-electron chi connectivity index (χ1n) is 9.25. The van der Waals surface area contributed by atoms with Gasteiger partial charge in [0.15, 0.2) is 11.5 Å². The van der Waals surface area contributed by atoms with Crippen LogP contribution in [0.15, 0.2) is 36.7 Å². The van der Waals surface area contributed by atoms with Gasteiger partial charge in [-0.3, -0.25) is 9.78 Å². The van der Waals surface area contributed by atoms with Gasteiger partial charge in [-0.2, -0.15) is 0 Å². The number of ether oxygens (including phenoxy) is 3. The monoisotopic (exact) mass is 368 g/mol. The van der Waals surface area contributed by atoms with Gasteiger partial charge in [-0.25, -0.2) is 0 Å². The number of aromatic nitrogens is 1. The average Bonchev–Trinajstić information content (AvgIpc) is 2.74. The molecular weight excluding hydrogens is 344 g/mol. The van der Waals surface area contributed by atoms with E-state index in [1.54, 1.807) is 38.7 Å². The summed E-state index contributed by atoms with van der Waals surface area (Å²) >= 11 is 0. The van der Waals surface area contributed by atoms with Crippen molar-refractivity contribution in [3.63, 3.8) is 0 Å². The van der Waals surface area contributed by atoms with Gasteiger partial charge in [-0.05, 0) is 54.7 Å². The molecule has 4 rings (SSSR count). The summed E-state index contributed by atoms with van der Waals surface area (Å²) in [6.45, 7) is 2.00. The summed E-state index contributed by atoms with van der Waals surface area (Å²) in [5, 5.41) is 0. The number of pyridine rings is 1. The molecule has 2 aliphatic rings. The molecule has 0 N–H and O–H groups in total. The Hall–Kier alpha value is -2.60. The fourth-order valence-electron chi connectivity index (χ4n) is 4.15. The van der Waals surface area contributed by atoms with Crippen molar-refractivity contribution in [1.29, 1.82) is 0 Å². The average molecular weight is 368 g/mol. The van der Waals surface area contributed by atoms with Crippen LogP contribution in [0.5, 0.6) is 11.5 Å². The summed E-state index contributed by atoms with van der Waals surface area (Å²) in [6.07, 6.45) is 5.70. The Morgan fingerprint density at radius 3 is 2.44 bits per heavy atom. The molecule has 1 spiro atoms. The lowest BCUT2D eigenvalue weighted by Gasteiger charge is -2.45. The molecule has 0 radical (unpaired) electrons. The zero-order valence-corrected chi connectivity index (χ0v) is 15.7. The molecule has 1 fully saturated rings.